The van der Waals surface area contributed by atoms with Crippen molar-refractivity contribution in [3.63, 3.8) is 0 Å². The minimum absolute atomic E-state index is 0.210. The van der Waals surface area contributed by atoms with Crippen LogP contribution < -0.4 is 10.9 Å². The van der Waals surface area contributed by atoms with E-state index in [1.165, 1.54) is 19.2 Å². The lowest BCUT2D eigenvalue weighted by atomic mass is 10.1. The maximum Gasteiger partial charge on any atom is 0.271 e. The molecule has 21 heavy (non-hydrogen) atoms. The molecule has 0 fully saturated rings. The van der Waals surface area contributed by atoms with Gasteiger partial charge in [-0.2, -0.15) is 5.10 Å². The van der Waals surface area contributed by atoms with E-state index < -0.39 is 0 Å². The second-order valence-electron chi connectivity index (χ2n) is 4.56. The zero-order valence-electron chi connectivity index (χ0n) is 12.0. The van der Waals surface area contributed by atoms with Crippen LogP contribution in [0, 0.1) is 0 Å². The van der Waals surface area contributed by atoms with E-state index in [0.717, 1.165) is 15.8 Å². The van der Waals surface area contributed by atoms with Crippen LogP contribution >= 0.6 is 0 Å². The Kier molecular flexibility index (Phi) is 4.84. The molecule has 0 aliphatic heterocycles. The normalized spacial score (nSPS) is 10.4. The number of hydrogen-bond acceptors (Lipinski definition) is 4. The van der Waals surface area contributed by atoms with Crippen LogP contribution in [0.1, 0.15) is 21.6 Å². The van der Waals surface area contributed by atoms with Gasteiger partial charge in [-0.1, -0.05) is 24.3 Å². The number of hydrogen-bond donors (Lipinski definition) is 1. The second-order valence-corrected chi connectivity index (χ2v) is 4.56. The molecule has 0 saturated carbocycles. The van der Waals surface area contributed by atoms with E-state index >= 15 is 0 Å². The molecule has 0 unspecified atom stereocenters. The summed E-state index contributed by atoms with van der Waals surface area (Å²) in [5.41, 5.74) is 1.96. The Morgan fingerprint density at radius 1 is 1.24 bits per heavy atom. The van der Waals surface area contributed by atoms with Crippen molar-refractivity contribution in [2.45, 2.75) is 13.2 Å². The molecule has 1 aromatic heterocycles. The summed E-state index contributed by atoms with van der Waals surface area (Å²) >= 11 is 0. The first-order chi connectivity index (χ1) is 10.1. The molecule has 110 valence electrons. The number of ether oxygens (including phenoxy) is 1. The van der Waals surface area contributed by atoms with Crippen LogP contribution in [0.3, 0.4) is 0 Å². The van der Waals surface area contributed by atoms with Crippen LogP contribution in [0.25, 0.3) is 0 Å². The van der Waals surface area contributed by atoms with E-state index in [1.807, 2.05) is 24.3 Å². The van der Waals surface area contributed by atoms with Crippen LogP contribution in [0.4, 0.5) is 0 Å². The zero-order valence-corrected chi connectivity index (χ0v) is 12.0. The van der Waals surface area contributed by atoms with Gasteiger partial charge in [0.1, 0.15) is 5.69 Å². The average molecular weight is 287 g/mol. The van der Waals surface area contributed by atoms with Gasteiger partial charge in [0.25, 0.3) is 11.5 Å². The van der Waals surface area contributed by atoms with Crippen molar-refractivity contribution in [3.8, 4) is 0 Å². The summed E-state index contributed by atoms with van der Waals surface area (Å²) in [6.07, 6.45) is 0. The zero-order chi connectivity index (χ0) is 15.2. The van der Waals surface area contributed by atoms with E-state index in [0.29, 0.717) is 13.2 Å². The number of aromatic nitrogens is 2. The first-order valence-corrected chi connectivity index (χ1v) is 6.50. The summed E-state index contributed by atoms with van der Waals surface area (Å²) in [6, 6.07) is 10.5. The predicted molar refractivity (Wildman–Crippen MR) is 77.8 cm³/mol. The van der Waals surface area contributed by atoms with E-state index in [4.69, 9.17) is 4.74 Å². The van der Waals surface area contributed by atoms with E-state index in [9.17, 15) is 9.59 Å². The van der Waals surface area contributed by atoms with Crippen molar-refractivity contribution in [2.75, 3.05) is 7.11 Å². The van der Waals surface area contributed by atoms with Crippen LogP contribution in [0.5, 0.6) is 0 Å². The molecule has 6 nitrogen and oxygen atoms in total. The third kappa shape index (κ3) is 3.76. The SMILES string of the molecule is COCc1ccccc1CNC(=O)c1ccc(=O)n(C)n1. The van der Waals surface area contributed by atoms with Crippen molar-refractivity contribution in [1.29, 1.82) is 0 Å². The topological polar surface area (TPSA) is 73.2 Å². The molecule has 0 aliphatic rings. The highest BCUT2D eigenvalue weighted by atomic mass is 16.5. The Hall–Kier alpha value is -2.47. The predicted octanol–water partition coefficient (Wildman–Crippen LogP) is 0.857. The molecule has 1 amide bonds. The molecule has 6 heteroatoms. The van der Waals surface area contributed by atoms with Crippen molar-refractivity contribution in [3.05, 3.63) is 63.6 Å². The minimum atomic E-state index is -0.321. The van der Waals surface area contributed by atoms with Gasteiger partial charge < -0.3 is 10.1 Å². The number of carbonyl (C=O) groups excluding carboxylic acids is 1. The van der Waals surface area contributed by atoms with Gasteiger partial charge in [-0.15, -0.1) is 0 Å². The smallest absolute Gasteiger partial charge is 0.271 e. The van der Waals surface area contributed by atoms with Gasteiger partial charge in [-0.3, -0.25) is 9.59 Å². The Morgan fingerprint density at radius 3 is 2.62 bits per heavy atom. The molecule has 0 bridgehead atoms. The highest BCUT2D eigenvalue weighted by molar-refractivity contribution is 5.91. The first kappa shape index (κ1) is 14.9. The van der Waals surface area contributed by atoms with Gasteiger partial charge >= 0.3 is 0 Å². The van der Waals surface area contributed by atoms with Crippen molar-refractivity contribution >= 4 is 5.91 Å². The maximum atomic E-state index is 12.0. The molecule has 2 rings (SSSR count). The van der Waals surface area contributed by atoms with E-state index in [1.54, 1.807) is 7.11 Å². The summed E-state index contributed by atoms with van der Waals surface area (Å²) in [4.78, 5) is 23.3. The fraction of sp³-hybridized carbons (Fsp3) is 0.267. The number of amides is 1. The fourth-order valence-corrected chi connectivity index (χ4v) is 1.92. The van der Waals surface area contributed by atoms with Gasteiger partial charge in [0.2, 0.25) is 0 Å². The van der Waals surface area contributed by atoms with Crippen LogP contribution in [0.2, 0.25) is 0 Å². The quantitative estimate of drug-likeness (QED) is 0.885. The first-order valence-electron chi connectivity index (χ1n) is 6.50. The Labute approximate surface area is 122 Å². The van der Waals surface area contributed by atoms with E-state index in [2.05, 4.69) is 10.4 Å². The maximum absolute atomic E-state index is 12.0. The van der Waals surface area contributed by atoms with Gasteiger partial charge in [0, 0.05) is 26.8 Å². The monoisotopic (exact) mass is 287 g/mol. The number of benzene rings is 1. The lowest BCUT2D eigenvalue weighted by Gasteiger charge is -2.10. The highest BCUT2D eigenvalue weighted by Gasteiger charge is 2.09. The molecule has 1 N–H and O–H groups in total. The highest BCUT2D eigenvalue weighted by Crippen LogP contribution is 2.09. The molecule has 0 spiro atoms. The summed E-state index contributed by atoms with van der Waals surface area (Å²) in [5.74, 6) is -0.321. The Morgan fingerprint density at radius 2 is 1.95 bits per heavy atom. The van der Waals surface area contributed by atoms with Gasteiger partial charge in [-0.25, -0.2) is 4.68 Å². The summed E-state index contributed by atoms with van der Waals surface area (Å²) in [5, 5.41) is 6.70. The molecule has 2 aromatic rings. The number of methoxy groups -OCH3 is 1. The molecule has 0 aliphatic carbocycles. The molecular formula is C15H17N3O3. The van der Waals surface area contributed by atoms with Gasteiger partial charge in [0.05, 0.1) is 6.61 Å². The average Bonchev–Trinajstić information content (AvgIpc) is 2.49. The van der Waals surface area contributed by atoms with E-state index in [-0.39, 0.29) is 17.2 Å². The minimum Gasteiger partial charge on any atom is -0.380 e. The summed E-state index contributed by atoms with van der Waals surface area (Å²) in [6.45, 7) is 0.868. The van der Waals surface area contributed by atoms with Crippen LogP contribution in [-0.2, 0) is 24.9 Å². The van der Waals surface area contributed by atoms with Crippen molar-refractivity contribution in [1.82, 2.24) is 15.1 Å². The van der Waals surface area contributed by atoms with Crippen LogP contribution in [-0.4, -0.2) is 22.8 Å². The number of nitrogens with zero attached hydrogens (tertiary/aromatic N) is 2. The molecular weight excluding hydrogens is 270 g/mol. The lowest BCUT2D eigenvalue weighted by molar-refractivity contribution is 0.0943. The summed E-state index contributed by atoms with van der Waals surface area (Å²) < 4.78 is 6.26. The molecule has 1 heterocycles. The van der Waals surface area contributed by atoms with Crippen molar-refractivity contribution < 1.29 is 9.53 Å². The summed E-state index contributed by atoms with van der Waals surface area (Å²) in [7, 11) is 3.14. The molecule has 0 saturated heterocycles. The lowest BCUT2D eigenvalue weighted by Crippen LogP contribution is -2.28. The van der Waals surface area contributed by atoms with Crippen LogP contribution in [0.15, 0.2) is 41.2 Å². The molecule has 1 aromatic carbocycles. The van der Waals surface area contributed by atoms with Gasteiger partial charge in [0.15, 0.2) is 0 Å². The standard InChI is InChI=1S/C15H17N3O3/c1-18-14(19)8-7-13(17-18)15(20)16-9-11-5-3-4-6-12(11)10-21-2/h3-8H,9-10H2,1-2H3,(H,16,20). The van der Waals surface area contributed by atoms with Gasteiger partial charge in [-0.05, 0) is 17.2 Å². The largest absolute Gasteiger partial charge is 0.380 e. The Balaban J connectivity index is 2.07. The second kappa shape index (κ2) is 6.81. The third-order valence-electron chi connectivity index (χ3n) is 3.05. The number of carbonyl (C=O) groups is 1. The number of rotatable bonds is 5. The number of aryl methyl sites for hydroxylation is 1. The molecule has 0 atom stereocenters. The fourth-order valence-electron chi connectivity index (χ4n) is 1.92. The Bertz CT molecular complexity index is 695. The third-order valence-corrected chi connectivity index (χ3v) is 3.05. The molecule has 0 radical (unpaired) electrons. The van der Waals surface area contributed by atoms with Crippen molar-refractivity contribution in [2.24, 2.45) is 7.05 Å². The number of nitrogens with one attached hydrogen (secondary N) is 1.